The Bertz CT molecular complexity index is 2030. The van der Waals surface area contributed by atoms with Gasteiger partial charge in [-0.05, 0) is 147 Å². The maximum absolute atomic E-state index is 12.3. The fraction of sp³-hybridized carbons (Fsp3) is 0.333. The van der Waals surface area contributed by atoms with Crippen molar-refractivity contribution < 1.29 is 31.1 Å². The van der Waals surface area contributed by atoms with Gasteiger partial charge in [-0.15, -0.1) is 0 Å². The summed E-state index contributed by atoms with van der Waals surface area (Å²) in [5, 5.41) is 0. The molecule has 54 heavy (non-hydrogen) atoms. The van der Waals surface area contributed by atoms with E-state index >= 15 is 0 Å². The van der Waals surface area contributed by atoms with Crippen molar-refractivity contribution in [2.24, 2.45) is 28.3 Å². The van der Waals surface area contributed by atoms with Gasteiger partial charge in [0.05, 0.1) is 27.3 Å². The van der Waals surface area contributed by atoms with Crippen molar-refractivity contribution in [3.05, 3.63) is 97.1 Å². The van der Waals surface area contributed by atoms with Gasteiger partial charge in [-0.3, -0.25) is 4.99 Å². The SMILES string of the molecule is C.NC(N)=NCCC[C@@H](C=O)NNc1ccc(Oc2ccc(S(=O)(=O)CC3CC3)cc2)cc1.Nc1ccc(Oc2ccc(S(=O)(=O)CC3CC3)cc2)cc1. The van der Waals surface area contributed by atoms with E-state index in [1.165, 1.54) is 0 Å². The quantitative estimate of drug-likeness (QED) is 0.0194. The van der Waals surface area contributed by atoms with Crippen LogP contribution in [0.3, 0.4) is 0 Å². The third-order valence-corrected chi connectivity index (χ3v) is 12.2. The molecule has 0 radical (unpaired) electrons. The maximum atomic E-state index is 12.3. The van der Waals surface area contributed by atoms with E-state index in [0.29, 0.717) is 69.7 Å². The number of nitrogen functional groups attached to an aromatic ring is 1. The molecule has 0 saturated heterocycles. The number of carbonyl (C=O) groups excluding carboxylic acids is 1. The lowest BCUT2D eigenvalue weighted by atomic mass is 10.2. The molecule has 0 spiro atoms. The van der Waals surface area contributed by atoms with Gasteiger partial charge in [-0.25, -0.2) is 22.3 Å². The van der Waals surface area contributed by atoms with Crippen LogP contribution in [0.25, 0.3) is 0 Å². The summed E-state index contributed by atoms with van der Waals surface area (Å²) in [4.78, 5) is 15.8. The molecule has 6 rings (SSSR count). The first-order valence-electron chi connectivity index (χ1n) is 17.4. The molecule has 2 saturated carbocycles. The zero-order chi connectivity index (χ0) is 37.8. The Morgan fingerprint density at radius 1 is 0.704 bits per heavy atom. The van der Waals surface area contributed by atoms with Gasteiger partial charge in [0.2, 0.25) is 0 Å². The molecule has 4 aromatic carbocycles. The highest BCUT2D eigenvalue weighted by molar-refractivity contribution is 7.91. The molecule has 290 valence electrons. The molecular weight excluding hydrogens is 729 g/mol. The molecule has 0 unspecified atom stereocenters. The number of aliphatic imine (C=N–C) groups is 1. The van der Waals surface area contributed by atoms with E-state index in [1.54, 1.807) is 97.1 Å². The second-order valence-corrected chi connectivity index (χ2v) is 17.2. The summed E-state index contributed by atoms with van der Waals surface area (Å²) in [6, 6.07) is 26.9. The van der Waals surface area contributed by atoms with Gasteiger partial charge < -0.3 is 36.9 Å². The summed E-state index contributed by atoms with van der Waals surface area (Å²) < 4.78 is 60.4. The van der Waals surface area contributed by atoms with Crippen LogP contribution in [0.15, 0.2) is 112 Å². The number of benzene rings is 4. The van der Waals surface area contributed by atoms with Crippen LogP contribution in [0.5, 0.6) is 23.0 Å². The topological polar surface area (TPSA) is 218 Å². The number of nitrogens with one attached hydrogen (secondary N) is 2. The number of aldehydes is 1. The van der Waals surface area contributed by atoms with Crippen molar-refractivity contribution >= 4 is 43.3 Å². The van der Waals surface area contributed by atoms with Crippen LogP contribution < -0.4 is 37.5 Å². The molecular formula is C39H50N6O7S2. The maximum Gasteiger partial charge on any atom is 0.185 e. The molecule has 13 nitrogen and oxygen atoms in total. The van der Waals surface area contributed by atoms with Gasteiger partial charge in [-0.1, -0.05) is 7.43 Å². The van der Waals surface area contributed by atoms with Gasteiger partial charge in [0.1, 0.15) is 29.3 Å². The Morgan fingerprint density at radius 2 is 1.11 bits per heavy atom. The zero-order valence-electron chi connectivity index (χ0n) is 29.3. The second kappa shape index (κ2) is 19.3. The van der Waals surface area contributed by atoms with E-state index in [4.69, 9.17) is 26.7 Å². The third-order valence-electron chi connectivity index (χ3n) is 8.41. The second-order valence-electron chi connectivity index (χ2n) is 13.2. The molecule has 8 N–H and O–H groups in total. The van der Waals surface area contributed by atoms with Crippen LogP contribution in [-0.4, -0.2) is 53.2 Å². The first kappa shape index (κ1) is 41.6. The Hall–Kier alpha value is -5.12. The van der Waals surface area contributed by atoms with Gasteiger partial charge in [-0.2, -0.15) is 0 Å². The summed E-state index contributed by atoms with van der Waals surface area (Å²) in [6.07, 6.45) is 6.12. The summed E-state index contributed by atoms with van der Waals surface area (Å²) >= 11 is 0. The molecule has 0 amide bonds. The first-order valence-corrected chi connectivity index (χ1v) is 20.7. The van der Waals surface area contributed by atoms with Crippen LogP contribution >= 0.6 is 0 Å². The van der Waals surface area contributed by atoms with E-state index in [0.717, 1.165) is 37.7 Å². The molecule has 4 aromatic rings. The average Bonchev–Trinajstić information content (AvgIpc) is 4.09. The van der Waals surface area contributed by atoms with Gasteiger partial charge in [0, 0.05) is 17.9 Å². The van der Waals surface area contributed by atoms with E-state index in [9.17, 15) is 21.6 Å². The van der Waals surface area contributed by atoms with Crippen LogP contribution in [0.2, 0.25) is 0 Å². The fourth-order valence-corrected chi connectivity index (χ4v) is 8.49. The minimum absolute atomic E-state index is 0. The summed E-state index contributed by atoms with van der Waals surface area (Å²) in [5.41, 5.74) is 23.5. The number of carbonyl (C=O) groups is 1. The Morgan fingerprint density at radius 3 is 1.50 bits per heavy atom. The lowest BCUT2D eigenvalue weighted by molar-refractivity contribution is -0.109. The zero-order valence-corrected chi connectivity index (χ0v) is 30.9. The normalized spacial score (nSPS) is 14.3. The molecule has 0 aromatic heterocycles. The minimum atomic E-state index is -3.23. The largest absolute Gasteiger partial charge is 0.457 e. The Balaban J connectivity index is 0.000000256. The van der Waals surface area contributed by atoms with E-state index < -0.39 is 19.7 Å². The number of ether oxygens (including phenoxy) is 2. The monoisotopic (exact) mass is 778 g/mol. The first-order chi connectivity index (χ1) is 25.4. The number of guanidine groups is 1. The van der Waals surface area contributed by atoms with Gasteiger partial charge >= 0.3 is 0 Å². The number of hydrazine groups is 1. The third kappa shape index (κ3) is 13.7. The highest BCUT2D eigenvalue weighted by Gasteiger charge is 2.30. The molecule has 2 aliphatic rings. The summed E-state index contributed by atoms with van der Waals surface area (Å²) in [7, 11) is -6.40. The molecule has 1 atom stereocenters. The van der Waals surface area contributed by atoms with E-state index in [1.807, 2.05) is 0 Å². The van der Waals surface area contributed by atoms with Gasteiger partial charge in [0.25, 0.3) is 0 Å². The lowest BCUT2D eigenvalue weighted by Gasteiger charge is -2.14. The van der Waals surface area contributed by atoms with Crippen molar-refractivity contribution in [3.63, 3.8) is 0 Å². The molecule has 15 heteroatoms. The van der Waals surface area contributed by atoms with Crippen molar-refractivity contribution in [3.8, 4) is 23.0 Å². The molecule has 2 fully saturated rings. The number of hydrogen-bond donors (Lipinski definition) is 5. The smallest absolute Gasteiger partial charge is 0.185 e. The summed E-state index contributed by atoms with van der Waals surface area (Å²) in [5.74, 6) is 3.59. The van der Waals surface area contributed by atoms with E-state index in [-0.39, 0.29) is 30.9 Å². The van der Waals surface area contributed by atoms with Crippen LogP contribution in [0.4, 0.5) is 11.4 Å². The minimum Gasteiger partial charge on any atom is -0.457 e. The van der Waals surface area contributed by atoms with Gasteiger partial charge in [0.15, 0.2) is 25.6 Å². The van der Waals surface area contributed by atoms with Crippen LogP contribution in [0.1, 0.15) is 46.0 Å². The van der Waals surface area contributed by atoms with E-state index in [2.05, 4.69) is 15.8 Å². The van der Waals surface area contributed by atoms with Crippen LogP contribution in [0, 0.1) is 11.8 Å². The Labute approximate surface area is 318 Å². The highest BCUT2D eigenvalue weighted by atomic mass is 32.2. The molecule has 0 aliphatic heterocycles. The van der Waals surface area contributed by atoms with Crippen molar-refractivity contribution in [2.75, 3.05) is 29.2 Å². The Kier molecular flexibility index (Phi) is 14.9. The average molecular weight is 779 g/mol. The predicted octanol–water partition coefficient (Wildman–Crippen LogP) is 6.08. The number of nitrogens with zero attached hydrogens (tertiary/aromatic N) is 1. The lowest BCUT2D eigenvalue weighted by Crippen LogP contribution is -2.35. The summed E-state index contributed by atoms with van der Waals surface area (Å²) in [6.45, 7) is 0.466. The predicted molar refractivity (Wildman–Crippen MR) is 213 cm³/mol. The number of anilines is 2. The highest BCUT2D eigenvalue weighted by Crippen LogP contribution is 2.34. The van der Waals surface area contributed by atoms with Crippen molar-refractivity contribution in [1.29, 1.82) is 0 Å². The standard InChI is InChI=1S/C22H29N5O4S.C16H17NO3S.CH4/c23-22(24)25-13-1-2-18(14-28)27-26-17-5-7-19(8-6-17)31-20-9-11-21(12-10-20)32(29,30)15-16-3-4-16;17-13-3-5-14(6-4-13)20-15-7-9-16(10-8-15)21(18,19)11-12-1-2-12;/h5-12,14,16,18,26-27H,1-4,13,15H2,(H4,23,24,25);3-10,12H,1-2,11,17H2;1H4/t18-;;/m0../s1. The number of sulfone groups is 2. The number of nitrogens with two attached hydrogens (primary N) is 3. The molecule has 0 heterocycles. The number of rotatable bonds is 18. The number of hydrogen-bond acceptors (Lipinski definition) is 11. The fourth-order valence-electron chi connectivity index (χ4n) is 5.10. The van der Waals surface area contributed by atoms with Crippen molar-refractivity contribution in [2.45, 2.75) is 61.8 Å². The molecule has 2 aliphatic carbocycles. The van der Waals surface area contributed by atoms with Crippen molar-refractivity contribution in [1.82, 2.24) is 5.43 Å². The molecule has 0 bridgehead atoms. The van der Waals surface area contributed by atoms with Crippen LogP contribution in [-0.2, 0) is 24.5 Å².